The average molecular weight is 1400 g/mol. The van der Waals surface area contributed by atoms with Crippen molar-refractivity contribution in [3.05, 3.63) is 376 Å². The summed E-state index contributed by atoms with van der Waals surface area (Å²) < 4.78 is 22.9. The van der Waals surface area contributed by atoms with Crippen molar-refractivity contribution < 1.29 is 8.83 Å². The maximum Gasteiger partial charge on any atom is 0.160 e. The van der Waals surface area contributed by atoms with Crippen LogP contribution in [0.5, 0.6) is 0 Å². The minimum Gasteiger partial charge on any atom is -0.455 e. The molecule has 9 nitrogen and oxygen atoms in total. The van der Waals surface area contributed by atoms with Gasteiger partial charge < -0.3 is 27.1 Å². The molecule has 23 rings (SSSR count). The SMILES string of the molecule is N#Cc1ccc(-c2ccc(-n3c4ccccc4c4c3ccc3c5c6oc7ccccc7c6ccc5n(-c5ccccc5)c34)cc2)cc1.c1ccc(-c2cc(-c3cccc(-c4ccc(-n5c6ccccc6c6c5ccc5c7c8oc9ccccc9c8ccc7n(-c7ccccc7)c56)cc4)c3)nc(-c3ccccc3)n2)cc1. The van der Waals surface area contributed by atoms with Crippen LogP contribution in [0.4, 0.5) is 0 Å². The van der Waals surface area contributed by atoms with E-state index in [4.69, 9.17) is 18.8 Å². The van der Waals surface area contributed by atoms with Crippen molar-refractivity contribution in [2.24, 2.45) is 0 Å². The third kappa shape index (κ3) is 9.80. The Labute approximate surface area is 630 Å². The molecule has 0 aliphatic carbocycles. The fourth-order valence-corrected chi connectivity index (χ4v) is 17.2. The summed E-state index contributed by atoms with van der Waals surface area (Å²) in [5.41, 5.74) is 27.2. The van der Waals surface area contributed by atoms with E-state index in [1.54, 1.807) is 0 Å². The van der Waals surface area contributed by atoms with Crippen molar-refractivity contribution in [3.63, 3.8) is 0 Å². The lowest BCUT2D eigenvalue weighted by molar-refractivity contribution is 0.672. The Morgan fingerprint density at radius 3 is 1.08 bits per heavy atom. The highest BCUT2D eigenvalue weighted by molar-refractivity contribution is 6.33. The molecule has 0 aliphatic heterocycles. The van der Waals surface area contributed by atoms with Crippen LogP contribution in [0.1, 0.15) is 5.56 Å². The van der Waals surface area contributed by atoms with E-state index in [0.29, 0.717) is 11.4 Å². The fourth-order valence-electron chi connectivity index (χ4n) is 17.2. The van der Waals surface area contributed by atoms with Crippen molar-refractivity contribution in [1.82, 2.24) is 28.2 Å². The first-order valence-electron chi connectivity index (χ1n) is 37.1. The van der Waals surface area contributed by atoms with Crippen LogP contribution in [0, 0.1) is 11.3 Å². The summed E-state index contributed by atoms with van der Waals surface area (Å²) >= 11 is 0. The van der Waals surface area contributed by atoms with Gasteiger partial charge in [0.15, 0.2) is 5.82 Å². The van der Waals surface area contributed by atoms with Gasteiger partial charge in [-0.2, -0.15) is 5.26 Å². The van der Waals surface area contributed by atoms with Crippen LogP contribution in [0.25, 0.3) is 210 Å². The molecule has 0 fully saturated rings. The summed E-state index contributed by atoms with van der Waals surface area (Å²) in [5.74, 6) is 0.706. The number of nitrogens with zero attached hydrogens (tertiary/aromatic N) is 7. The summed E-state index contributed by atoms with van der Waals surface area (Å²) in [6, 6.07) is 132. The average Bonchev–Trinajstić information content (AvgIpc) is 1.54. The van der Waals surface area contributed by atoms with Crippen molar-refractivity contribution in [2.45, 2.75) is 0 Å². The van der Waals surface area contributed by atoms with Crippen LogP contribution in [0.3, 0.4) is 0 Å². The number of para-hydroxylation sites is 6. The highest BCUT2D eigenvalue weighted by Crippen LogP contribution is 2.49. The Morgan fingerprint density at radius 2 is 0.600 bits per heavy atom. The highest BCUT2D eigenvalue weighted by Gasteiger charge is 2.27. The number of benzene rings is 16. The number of hydrogen-bond acceptors (Lipinski definition) is 5. The molecular formula is C101H61N7O2. The van der Waals surface area contributed by atoms with Gasteiger partial charge in [-0.05, 0) is 168 Å². The van der Waals surface area contributed by atoms with Crippen LogP contribution in [0.15, 0.2) is 379 Å². The summed E-state index contributed by atoms with van der Waals surface area (Å²) in [7, 11) is 0. The number of fused-ring (bicyclic) bond motifs is 22. The smallest absolute Gasteiger partial charge is 0.160 e. The number of rotatable bonds is 9. The zero-order valence-electron chi connectivity index (χ0n) is 59.2. The molecule has 0 bridgehead atoms. The summed E-state index contributed by atoms with van der Waals surface area (Å²) in [5, 5.41) is 23.1. The monoisotopic (exact) mass is 1400 g/mol. The molecule has 7 aromatic heterocycles. The quantitative estimate of drug-likeness (QED) is 0.143. The molecule has 7 heterocycles. The van der Waals surface area contributed by atoms with Gasteiger partial charge >= 0.3 is 0 Å². The second kappa shape index (κ2) is 25.0. The molecule has 0 atom stereocenters. The zero-order chi connectivity index (χ0) is 72.5. The highest BCUT2D eigenvalue weighted by atomic mass is 16.3. The molecule has 0 N–H and O–H groups in total. The first-order chi connectivity index (χ1) is 54.5. The van der Waals surface area contributed by atoms with Crippen molar-refractivity contribution in [3.8, 4) is 85.0 Å². The second-order valence-electron chi connectivity index (χ2n) is 28.2. The molecule has 0 saturated carbocycles. The van der Waals surface area contributed by atoms with Crippen LogP contribution < -0.4 is 0 Å². The predicted molar refractivity (Wildman–Crippen MR) is 452 cm³/mol. The molecule has 110 heavy (non-hydrogen) atoms. The Balaban J connectivity index is 0.000000142. The lowest BCUT2D eigenvalue weighted by Crippen LogP contribution is -1.96. The third-order valence-electron chi connectivity index (χ3n) is 22.1. The molecule has 23 aromatic rings. The van der Waals surface area contributed by atoms with Gasteiger partial charge in [-0.25, -0.2) is 9.97 Å². The standard InChI is InChI=1S/C58H36N4O.C43H25N3O/c1-4-15-38(16-5-1)48-36-49(60-58(59-48)39-17-6-2-7-18-39)41-20-14-19-40(35-41)37-27-29-43(30-28-37)61-50-25-12-10-24-46(50)54-51(61)34-32-47-55-52(62(56(47)54)42-21-8-3-9-22-42)33-31-45-44-23-11-13-26-53(44)63-57(45)55;44-26-27-14-16-28(17-15-27)29-18-20-31(21-19-29)45-36-12-6-4-11-34(36)40-37(45)25-23-35-41-38(46(42(35)40)30-8-2-1-3-9-30)24-22-33-32-10-5-7-13-39(32)47-43(33)41/h1-36H;1-25H. The van der Waals surface area contributed by atoms with E-state index in [2.05, 4.69) is 322 Å². The predicted octanol–water partition coefficient (Wildman–Crippen LogP) is 26.6. The Hall–Kier alpha value is -15.1. The van der Waals surface area contributed by atoms with Gasteiger partial charge in [-0.1, -0.05) is 224 Å². The van der Waals surface area contributed by atoms with Crippen LogP contribution in [0.2, 0.25) is 0 Å². The normalized spacial score (nSPS) is 11.8. The maximum atomic E-state index is 9.22. The first kappa shape index (κ1) is 62.3. The molecular weight excluding hydrogens is 1340 g/mol. The summed E-state index contributed by atoms with van der Waals surface area (Å²) in [4.78, 5) is 10.1. The Bertz CT molecular complexity index is 7610. The summed E-state index contributed by atoms with van der Waals surface area (Å²) in [6.45, 7) is 0. The molecule has 0 amide bonds. The van der Waals surface area contributed by atoms with E-state index in [0.717, 1.165) is 161 Å². The van der Waals surface area contributed by atoms with E-state index in [1.165, 1.54) is 43.4 Å². The zero-order valence-corrected chi connectivity index (χ0v) is 59.2. The molecule has 16 aromatic carbocycles. The minimum atomic E-state index is 0.663. The molecule has 0 aliphatic rings. The number of furan rings is 2. The molecule has 0 radical (unpaired) electrons. The van der Waals surface area contributed by atoms with Gasteiger partial charge in [0.1, 0.15) is 22.3 Å². The fraction of sp³-hybridized carbons (Fsp3) is 0. The van der Waals surface area contributed by atoms with E-state index < -0.39 is 0 Å². The largest absolute Gasteiger partial charge is 0.455 e. The third-order valence-corrected chi connectivity index (χ3v) is 22.1. The lowest BCUT2D eigenvalue weighted by Gasteiger charge is -2.12. The summed E-state index contributed by atoms with van der Waals surface area (Å²) in [6.07, 6.45) is 0. The number of aromatic nitrogens is 6. The first-order valence-corrected chi connectivity index (χ1v) is 37.1. The minimum absolute atomic E-state index is 0.663. The maximum absolute atomic E-state index is 9.22. The van der Waals surface area contributed by atoms with Crippen LogP contribution >= 0.6 is 0 Å². The topological polar surface area (TPSA) is 95.6 Å². The van der Waals surface area contributed by atoms with Crippen molar-refractivity contribution in [1.29, 1.82) is 5.26 Å². The van der Waals surface area contributed by atoms with Gasteiger partial charge in [0.25, 0.3) is 0 Å². The molecule has 0 saturated heterocycles. The molecule has 9 heteroatoms. The van der Waals surface area contributed by atoms with Crippen LogP contribution in [-0.4, -0.2) is 28.2 Å². The number of hydrogen-bond donors (Lipinski definition) is 0. The van der Waals surface area contributed by atoms with E-state index in [-0.39, 0.29) is 0 Å². The van der Waals surface area contributed by atoms with Gasteiger partial charge in [-0.15, -0.1) is 0 Å². The van der Waals surface area contributed by atoms with Gasteiger partial charge in [0, 0.05) is 93.3 Å². The Kier molecular flexibility index (Phi) is 14.2. The van der Waals surface area contributed by atoms with Gasteiger partial charge in [0.05, 0.1) is 77.9 Å². The van der Waals surface area contributed by atoms with Gasteiger partial charge in [0.2, 0.25) is 0 Å². The van der Waals surface area contributed by atoms with E-state index in [1.807, 2.05) is 72.8 Å². The lowest BCUT2D eigenvalue weighted by atomic mass is 10.0. The number of nitriles is 1. The van der Waals surface area contributed by atoms with E-state index >= 15 is 0 Å². The van der Waals surface area contributed by atoms with Gasteiger partial charge in [-0.3, -0.25) is 0 Å². The molecule has 512 valence electrons. The van der Waals surface area contributed by atoms with Crippen molar-refractivity contribution >= 4 is 131 Å². The molecule has 0 unspecified atom stereocenters. The Morgan fingerprint density at radius 1 is 0.236 bits per heavy atom. The van der Waals surface area contributed by atoms with Crippen molar-refractivity contribution in [2.75, 3.05) is 0 Å². The molecule has 0 spiro atoms. The van der Waals surface area contributed by atoms with Crippen LogP contribution in [-0.2, 0) is 0 Å². The second-order valence-corrected chi connectivity index (χ2v) is 28.2. The van der Waals surface area contributed by atoms with E-state index in [9.17, 15) is 5.26 Å².